The van der Waals surface area contributed by atoms with Gasteiger partial charge >= 0.3 is 6.03 Å². The van der Waals surface area contributed by atoms with Crippen molar-refractivity contribution in [2.75, 3.05) is 24.7 Å². The van der Waals surface area contributed by atoms with Gasteiger partial charge in [-0.15, -0.1) is 0 Å². The molecule has 116 valence electrons. The second kappa shape index (κ2) is 6.44. The largest absolute Gasteiger partial charge is 0.335 e. The molecule has 0 aromatic heterocycles. The van der Waals surface area contributed by atoms with Gasteiger partial charge in [-0.1, -0.05) is 17.7 Å². The number of amides is 2. The van der Waals surface area contributed by atoms with Gasteiger partial charge in [0.15, 0.2) is 0 Å². The molecule has 2 amide bonds. The minimum absolute atomic E-state index is 0.00782. The minimum atomic E-state index is -3.13. The third-order valence-corrected chi connectivity index (χ3v) is 4.87. The summed E-state index contributed by atoms with van der Waals surface area (Å²) in [5.41, 5.74) is 1.88. The molecule has 0 saturated carbocycles. The number of anilines is 1. The molecule has 2 rings (SSSR count). The van der Waals surface area contributed by atoms with E-state index in [9.17, 15) is 13.2 Å². The van der Waals surface area contributed by atoms with Crippen molar-refractivity contribution in [3.63, 3.8) is 0 Å². The predicted octanol–water partition coefficient (Wildman–Crippen LogP) is 1.54. The van der Waals surface area contributed by atoms with Gasteiger partial charge in [0, 0.05) is 24.8 Å². The Kier molecular flexibility index (Phi) is 4.84. The number of carbonyl (C=O) groups is 1. The van der Waals surface area contributed by atoms with Crippen LogP contribution in [0.25, 0.3) is 0 Å². The zero-order valence-corrected chi connectivity index (χ0v) is 13.1. The fourth-order valence-corrected chi connectivity index (χ4v) is 3.20. The van der Waals surface area contributed by atoms with E-state index in [2.05, 4.69) is 10.6 Å². The summed E-state index contributed by atoms with van der Waals surface area (Å²) in [6.45, 7) is 2.89. The first-order valence-corrected chi connectivity index (χ1v) is 8.79. The number of urea groups is 1. The molecule has 1 aliphatic heterocycles. The van der Waals surface area contributed by atoms with Crippen molar-refractivity contribution < 1.29 is 13.2 Å². The Morgan fingerprint density at radius 1 is 1.19 bits per heavy atom. The first-order chi connectivity index (χ1) is 9.84. The highest BCUT2D eigenvalue weighted by atomic mass is 32.2. The van der Waals surface area contributed by atoms with E-state index >= 15 is 0 Å². The zero-order valence-electron chi connectivity index (χ0n) is 12.3. The SMILES string of the molecule is Cc1ccc(NC(=O)NC2CCN(S(C)(=O)=O)CC2)cc1. The molecule has 0 spiro atoms. The molecule has 1 saturated heterocycles. The van der Waals surface area contributed by atoms with E-state index in [0.29, 0.717) is 25.9 Å². The third kappa shape index (κ3) is 4.71. The Hall–Kier alpha value is -1.60. The fourth-order valence-electron chi connectivity index (χ4n) is 2.32. The summed E-state index contributed by atoms with van der Waals surface area (Å²) < 4.78 is 24.3. The van der Waals surface area contributed by atoms with Crippen LogP contribution in [0.2, 0.25) is 0 Å². The highest BCUT2D eigenvalue weighted by Crippen LogP contribution is 2.14. The van der Waals surface area contributed by atoms with Crippen molar-refractivity contribution in [2.24, 2.45) is 0 Å². The summed E-state index contributed by atoms with van der Waals surface area (Å²) in [6, 6.07) is 7.31. The quantitative estimate of drug-likeness (QED) is 0.889. The molecule has 1 aliphatic rings. The second-order valence-electron chi connectivity index (χ2n) is 5.40. The lowest BCUT2D eigenvalue weighted by molar-refractivity contribution is 0.238. The molecule has 0 bridgehead atoms. The van der Waals surface area contributed by atoms with Crippen LogP contribution >= 0.6 is 0 Å². The number of sulfonamides is 1. The lowest BCUT2D eigenvalue weighted by atomic mass is 10.1. The Morgan fingerprint density at radius 3 is 2.29 bits per heavy atom. The highest BCUT2D eigenvalue weighted by Gasteiger charge is 2.25. The van der Waals surface area contributed by atoms with Crippen molar-refractivity contribution >= 4 is 21.7 Å². The lowest BCUT2D eigenvalue weighted by Gasteiger charge is -2.30. The van der Waals surface area contributed by atoms with Crippen LogP contribution in [0.5, 0.6) is 0 Å². The van der Waals surface area contributed by atoms with Gasteiger partial charge in [-0.05, 0) is 31.9 Å². The van der Waals surface area contributed by atoms with E-state index in [-0.39, 0.29) is 12.1 Å². The Labute approximate surface area is 125 Å². The van der Waals surface area contributed by atoms with Crippen molar-refractivity contribution in [1.82, 2.24) is 9.62 Å². The summed E-state index contributed by atoms with van der Waals surface area (Å²) in [5.74, 6) is 0. The summed E-state index contributed by atoms with van der Waals surface area (Å²) >= 11 is 0. The Morgan fingerprint density at radius 2 is 1.76 bits per heavy atom. The number of benzene rings is 1. The van der Waals surface area contributed by atoms with Crippen LogP contribution in [0.15, 0.2) is 24.3 Å². The number of nitrogens with zero attached hydrogens (tertiary/aromatic N) is 1. The van der Waals surface area contributed by atoms with E-state index < -0.39 is 10.0 Å². The highest BCUT2D eigenvalue weighted by molar-refractivity contribution is 7.88. The van der Waals surface area contributed by atoms with Crippen molar-refractivity contribution in [3.8, 4) is 0 Å². The van der Waals surface area contributed by atoms with Gasteiger partial charge in [0.25, 0.3) is 0 Å². The summed E-state index contributed by atoms with van der Waals surface area (Å²) in [4.78, 5) is 11.9. The van der Waals surface area contributed by atoms with Crippen LogP contribution < -0.4 is 10.6 Å². The molecule has 0 aliphatic carbocycles. The average Bonchev–Trinajstić information content (AvgIpc) is 2.41. The van der Waals surface area contributed by atoms with Gasteiger partial charge in [-0.3, -0.25) is 0 Å². The molecule has 2 N–H and O–H groups in total. The smallest absolute Gasteiger partial charge is 0.319 e. The fraction of sp³-hybridized carbons (Fsp3) is 0.500. The lowest BCUT2D eigenvalue weighted by Crippen LogP contribution is -2.47. The van der Waals surface area contributed by atoms with Gasteiger partial charge in [0.2, 0.25) is 10.0 Å². The molecule has 0 atom stereocenters. The number of hydrogen-bond donors (Lipinski definition) is 2. The Balaban J connectivity index is 1.80. The van der Waals surface area contributed by atoms with E-state index in [1.807, 2.05) is 31.2 Å². The monoisotopic (exact) mass is 311 g/mol. The van der Waals surface area contributed by atoms with Gasteiger partial charge in [-0.25, -0.2) is 17.5 Å². The summed E-state index contributed by atoms with van der Waals surface area (Å²) in [6.07, 6.45) is 2.48. The van der Waals surface area contributed by atoms with Crippen LogP contribution in [-0.4, -0.2) is 44.1 Å². The second-order valence-corrected chi connectivity index (χ2v) is 7.38. The van der Waals surface area contributed by atoms with Crippen LogP contribution in [0.3, 0.4) is 0 Å². The van der Waals surface area contributed by atoms with Crippen LogP contribution in [0.4, 0.5) is 10.5 Å². The van der Waals surface area contributed by atoms with E-state index in [1.54, 1.807) is 0 Å². The number of aryl methyl sites for hydroxylation is 1. The first kappa shape index (κ1) is 15.8. The molecule has 1 aromatic carbocycles. The molecule has 0 radical (unpaired) electrons. The molecular weight excluding hydrogens is 290 g/mol. The topological polar surface area (TPSA) is 78.5 Å². The molecule has 21 heavy (non-hydrogen) atoms. The third-order valence-electron chi connectivity index (χ3n) is 3.57. The summed E-state index contributed by atoms with van der Waals surface area (Å²) in [5, 5.41) is 5.66. The van der Waals surface area contributed by atoms with Gasteiger partial charge in [0.05, 0.1) is 6.26 Å². The van der Waals surface area contributed by atoms with E-state index in [4.69, 9.17) is 0 Å². The maximum atomic E-state index is 11.9. The van der Waals surface area contributed by atoms with Crippen LogP contribution in [-0.2, 0) is 10.0 Å². The van der Waals surface area contributed by atoms with Crippen molar-refractivity contribution in [2.45, 2.75) is 25.8 Å². The number of hydrogen-bond acceptors (Lipinski definition) is 3. The van der Waals surface area contributed by atoms with Gasteiger partial charge in [0.1, 0.15) is 0 Å². The first-order valence-electron chi connectivity index (χ1n) is 6.94. The molecule has 7 heteroatoms. The molecule has 6 nitrogen and oxygen atoms in total. The van der Waals surface area contributed by atoms with Crippen LogP contribution in [0, 0.1) is 6.92 Å². The maximum absolute atomic E-state index is 11.9. The minimum Gasteiger partial charge on any atom is -0.335 e. The van der Waals surface area contributed by atoms with Gasteiger partial charge < -0.3 is 10.6 Å². The molecule has 1 heterocycles. The number of nitrogens with one attached hydrogen (secondary N) is 2. The number of rotatable bonds is 3. The van der Waals surface area contributed by atoms with Crippen LogP contribution in [0.1, 0.15) is 18.4 Å². The average molecular weight is 311 g/mol. The number of carbonyl (C=O) groups excluding carboxylic acids is 1. The Bertz CT molecular complexity index is 590. The van der Waals surface area contributed by atoms with E-state index in [1.165, 1.54) is 10.6 Å². The predicted molar refractivity (Wildman–Crippen MR) is 82.8 cm³/mol. The molecule has 1 fully saturated rings. The zero-order chi connectivity index (χ0) is 15.5. The van der Waals surface area contributed by atoms with Crippen molar-refractivity contribution in [1.29, 1.82) is 0 Å². The standard InChI is InChI=1S/C14H21N3O3S/c1-11-3-5-12(6-4-11)15-14(18)16-13-7-9-17(10-8-13)21(2,19)20/h3-6,13H,7-10H2,1-2H3,(H2,15,16,18). The molecular formula is C14H21N3O3S. The van der Waals surface area contributed by atoms with Gasteiger partial charge in [-0.2, -0.15) is 0 Å². The van der Waals surface area contributed by atoms with E-state index in [0.717, 1.165) is 11.3 Å². The maximum Gasteiger partial charge on any atom is 0.319 e. The normalized spacial score (nSPS) is 17.4. The summed E-state index contributed by atoms with van der Waals surface area (Å²) in [7, 11) is -3.13. The molecule has 1 aromatic rings. The van der Waals surface area contributed by atoms with Crippen molar-refractivity contribution in [3.05, 3.63) is 29.8 Å². The molecule has 0 unspecified atom stereocenters. The number of piperidine rings is 1.